The monoisotopic (exact) mass is 878 g/mol. The fourth-order valence-corrected chi connectivity index (χ4v) is 8.35. The Morgan fingerprint density at radius 1 is 0.769 bits per heavy atom. The van der Waals surface area contributed by atoms with Gasteiger partial charge in [0.1, 0.15) is 0 Å². The van der Waals surface area contributed by atoms with E-state index in [-0.39, 0.29) is 26.1 Å². The summed E-state index contributed by atoms with van der Waals surface area (Å²) < 4.78 is 8.42. The molecule has 0 atom stereocenters. The minimum atomic E-state index is -1.34. The molecule has 0 bridgehead atoms. The van der Waals surface area contributed by atoms with Crippen molar-refractivity contribution in [1.29, 1.82) is 0 Å². The average Bonchev–Trinajstić information content (AvgIpc) is 3.71. The van der Waals surface area contributed by atoms with Crippen molar-refractivity contribution in [1.82, 2.24) is 24.5 Å². The molecule has 0 aliphatic carbocycles. The maximum atomic E-state index is 6.19. The van der Waals surface area contributed by atoms with Crippen molar-refractivity contribution in [3.8, 4) is 33.9 Å². The van der Waals surface area contributed by atoms with Gasteiger partial charge < -0.3 is 14.0 Å². The maximum Gasteiger partial charge on any atom is 0.216 e. The van der Waals surface area contributed by atoms with E-state index in [9.17, 15) is 0 Å². The number of fused-ring (bicyclic) bond motifs is 4. The van der Waals surface area contributed by atoms with Gasteiger partial charge in [-0.15, -0.1) is 53.6 Å². The maximum absolute atomic E-state index is 6.19. The van der Waals surface area contributed by atoms with Crippen LogP contribution in [0.2, 0.25) is 19.6 Å². The van der Waals surface area contributed by atoms with Crippen LogP contribution in [0.3, 0.4) is 0 Å². The van der Waals surface area contributed by atoms with Gasteiger partial charge in [-0.1, -0.05) is 93.0 Å². The van der Waals surface area contributed by atoms with E-state index in [1.165, 1.54) is 10.8 Å². The SMILES string of the molecule is CC(C)c1cc(-c2[c-]cccc2)ncc1[Si](C)(C)C.Cc1nccc2nc(-c3[c-]cc4c(c3)oc3nc(-c5ccccc5)ccc34)n(C(C)C)c12.[Ir]. The molecule has 0 N–H and O–H groups in total. The van der Waals surface area contributed by atoms with Gasteiger partial charge in [-0.2, -0.15) is 0 Å². The zero-order valence-corrected chi connectivity index (χ0v) is 34.3. The molecule has 0 aliphatic rings. The predicted molar refractivity (Wildman–Crippen MR) is 213 cm³/mol. The molecule has 0 amide bonds. The molecule has 3 aromatic carbocycles. The molecule has 0 fully saturated rings. The summed E-state index contributed by atoms with van der Waals surface area (Å²) in [5, 5.41) is 3.46. The molecule has 8 aromatic rings. The van der Waals surface area contributed by atoms with Crippen molar-refractivity contribution in [3.63, 3.8) is 0 Å². The normalized spacial score (nSPS) is 11.7. The van der Waals surface area contributed by atoms with Gasteiger partial charge in [0.2, 0.25) is 5.71 Å². The summed E-state index contributed by atoms with van der Waals surface area (Å²) in [5.74, 6) is 1.40. The van der Waals surface area contributed by atoms with Crippen LogP contribution >= 0.6 is 0 Å². The van der Waals surface area contributed by atoms with Gasteiger partial charge in [0.15, 0.2) is 0 Å². The van der Waals surface area contributed by atoms with Crippen LogP contribution in [0.25, 0.3) is 67.0 Å². The van der Waals surface area contributed by atoms with E-state index in [4.69, 9.17) is 14.4 Å². The third kappa shape index (κ3) is 7.29. The largest absolute Gasteiger partial charge is 0.458 e. The van der Waals surface area contributed by atoms with Gasteiger partial charge in [-0.25, -0.2) is 4.98 Å². The number of nitrogens with zero attached hydrogens (tertiary/aromatic N) is 5. The predicted octanol–water partition coefficient (Wildman–Crippen LogP) is 11.0. The second kappa shape index (κ2) is 15.1. The van der Waals surface area contributed by atoms with Crippen LogP contribution in [0.1, 0.15) is 50.9 Å². The fourth-order valence-electron chi connectivity index (χ4n) is 6.67. The number of furan rings is 1. The Kier molecular flexibility index (Phi) is 10.7. The molecule has 8 rings (SSSR count). The fraction of sp³-hybridized carbons (Fsp3) is 0.227. The summed E-state index contributed by atoms with van der Waals surface area (Å²) in [6.07, 6.45) is 3.90. The van der Waals surface area contributed by atoms with Gasteiger partial charge in [0.05, 0.1) is 41.9 Å². The molecule has 5 aromatic heterocycles. The number of rotatable bonds is 6. The Labute approximate surface area is 320 Å². The van der Waals surface area contributed by atoms with Crippen molar-refractivity contribution in [2.75, 3.05) is 0 Å². The van der Waals surface area contributed by atoms with Crippen LogP contribution in [0.5, 0.6) is 0 Å². The van der Waals surface area contributed by atoms with E-state index in [0.717, 1.165) is 67.0 Å². The van der Waals surface area contributed by atoms with Gasteiger partial charge >= 0.3 is 0 Å². The number of benzene rings is 3. The first-order valence-electron chi connectivity index (χ1n) is 17.6. The first kappa shape index (κ1) is 37.0. The minimum Gasteiger partial charge on any atom is -0.458 e. The van der Waals surface area contributed by atoms with Crippen molar-refractivity contribution in [2.24, 2.45) is 0 Å². The van der Waals surface area contributed by atoms with Gasteiger partial charge in [-0.3, -0.25) is 9.97 Å². The van der Waals surface area contributed by atoms with Crippen molar-refractivity contribution >= 4 is 46.4 Å². The van der Waals surface area contributed by atoms with E-state index >= 15 is 0 Å². The van der Waals surface area contributed by atoms with Crippen molar-refractivity contribution in [2.45, 2.75) is 66.2 Å². The number of aromatic nitrogens is 5. The van der Waals surface area contributed by atoms with Crippen molar-refractivity contribution in [3.05, 3.63) is 127 Å². The summed E-state index contributed by atoms with van der Waals surface area (Å²) in [7, 11) is -1.34. The molecular weight excluding hydrogens is 835 g/mol. The molecular formula is C44H43IrN5OSi-2. The van der Waals surface area contributed by atoms with Crippen LogP contribution < -0.4 is 5.19 Å². The molecule has 0 saturated carbocycles. The number of hydrogen-bond donors (Lipinski definition) is 0. The van der Waals surface area contributed by atoms with Gasteiger partial charge in [0, 0.05) is 49.5 Å². The molecule has 6 nitrogen and oxygen atoms in total. The van der Waals surface area contributed by atoms with Crippen LogP contribution in [-0.2, 0) is 20.1 Å². The molecule has 8 heteroatoms. The van der Waals surface area contributed by atoms with Gasteiger partial charge in [0.25, 0.3) is 0 Å². The molecule has 0 unspecified atom stereocenters. The summed E-state index contributed by atoms with van der Waals surface area (Å²) in [4.78, 5) is 18.8. The third-order valence-electron chi connectivity index (χ3n) is 9.23. The van der Waals surface area contributed by atoms with E-state index < -0.39 is 8.07 Å². The van der Waals surface area contributed by atoms with E-state index in [2.05, 4.69) is 111 Å². The Morgan fingerprint density at radius 2 is 1.54 bits per heavy atom. The van der Waals surface area contributed by atoms with Crippen LogP contribution in [0.15, 0.2) is 108 Å². The van der Waals surface area contributed by atoms with E-state index in [1.807, 2.05) is 67.6 Å². The third-order valence-corrected chi connectivity index (χ3v) is 11.3. The summed E-state index contributed by atoms with van der Waals surface area (Å²) >= 11 is 0. The molecule has 0 spiro atoms. The zero-order valence-electron chi connectivity index (χ0n) is 30.9. The Bertz CT molecular complexity index is 2480. The number of imidazole rings is 1. The van der Waals surface area contributed by atoms with E-state index in [0.29, 0.717) is 11.6 Å². The van der Waals surface area contributed by atoms with Crippen LogP contribution in [0, 0.1) is 19.1 Å². The zero-order chi connectivity index (χ0) is 35.9. The topological polar surface area (TPSA) is 69.6 Å². The molecule has 0 aliphatic heterocycles. The first-order valence-corrected chi connectivity index (χ1v) is 21.1. The van der Waals surface area contributed by atoms with Crippen molar-refractivity contribution < 1.29 is 24.5 Å². The summed E-state index contributed by atoms with van der Waals surface area (Å²) in [6.45, 7) is 18.0. The van der Waals surface area contributed by atoms with Gasteiger partial charge in [-0.05, 0) is 49.7 Å². The Hall–Kier alpha value is -4.75. The molecule has 52 heavy (non-hydrogen) atoms. The quantitative estimate of drug-likeness (QED) is 0.123. The second-order valence-electron chi connectivity index (χ2n) is 14.6. The van der Waals surface area contributed by atoms with E-state index in [1.54, 1.807) is 6.20 Å². The first-order chi connectivity index (χ1) is 24.5. The smallest absolute Gasteiger partial charge is 0.216 e. The number of aryl methyl sites for hydroxylation is 1. The molecule has 1 radical (unpaired) electrons. The summed E-state index contributed by atoms with van der Waals surface area (Å²) in [5.41, 5.74) is 10.8. The Balaban J connectivity index is 0.000000200. The van der Waals surface area contributed by atoms with Crippen LogP contribution in [0.4, 0.5) is 0 Å². The summed E-state index contributed by atoms with van der Waals surface area (Å²) in [6, 6.07) is 37.4. The number of hydrogen-bond acceptors (Lipinski definition) is 5. The molecule has 0 saturated heterocycles. The Morgan fingerprint density at radius 3 is 2.23 bits per heavy atom. The average molecular weight is 878 g/mol. The molecule has 265 valence electrons. The standard InChI is InChI=1S/C27H21N4O.C17H22NSi.Ir/c1-16(2)31-25-17(3)28-14-13-23(25)29-26(31)19-9-10-20-21-11-12-22(18-7-5-4-6-8-18)30-27(21)32-24(20)15-19;1-13(2)15-11-16(14-9-7-6-8-10-14)18-12-17(15)19(3,4)5;/h4-8,10-16H,1-3H3;6-9,11-13H,1-5H3;/q2*-1;. The number of pyridine rings is 3. The molecule has 5 heterocycles. The minimum absolute atomic E-state index is 0. The second-order valence-corrected chi connectivity index (χ2v) is 19.7. The van der Waals surface area contributed by atoms with Crippen LogP contribution in [-0.4, -0.2) is 32.6 Å².